The van der Waals surface area contributed by atoms with Crippen molar-refractivity contribution in [3.05, 3.63) is 17.5 Å². The summed E-state index contributed by atoms with van der Waals surface area (Å²) in [5, 5.41) is 15.3. The Morgan fingerprint density at radius 3 is 2.88 bits per heavy atom. The monoisotopic (exact) mass is 256 g/mol. The number of rotatable bonds is 3. The largest absolute Gasteiger partial charge is 0.479 e. The lowest BCUT2D eigenvalue weighted by atomic mass is 9.99. The van der Waals surface area contributed by atoms with Crippen LogP contribution in [0.25, 0.3) is 0 Å². The molecule has 1 atom stereocenters. The summed E-state index contributed by atoms with van der Waals surface area (Å²) in [7, 11) is 0. The Hall–Kier alpha value is -1.50. The Morgan fingerprint density at radius 2 is 2.41 bits per heavy atom. The predicted molar refractivity (Wildman–Crippen MR) is 61.0 cm³/mol. The molecular weight excluding hydrogens is 244 g/mol. The van der Waals surface area contributed by atoms with Crippen molar-refractivity contribution in [2.75, 3.05) is 11.5 Å². The number of aromatic nitrogens is 1. The summed E-state index contributed by atoms with van der Waals surface area (Å²) in [6.07, 6.45) is 0.422. The first-order valence-electron chi connectivity index (χ1n) is 5.10. The first-order valence-corrected chi connectivity index (χ1v) is 6.26. The molecule has 1 aliphatic heterocycles. The van der Waals surface area contributed by atoms with Crippen molar-refractivity contribution in [1.82, 2.24) is 10.5 Å². The molecule has 0 saturated carbocycles. The molecule has 1 aromatic rings. The number of carboxylic acid groups (broad SMARTS) is 1. The van der Waals surface area contributed by atoms with Gasteiger partial charge in [-0.2, -0.15) is 11.8 Å². The third kappa shape index (κ3) is 2.28. The molecule has 1 aromatic heterocycles. The average molecular weight is 256 g/mol. The number of nitrogens with zero attached hydrogens (tertiary/aromatic N) is 1. The highest BCUT2D eigenvalue weighted by molar-refractivity contribution is 7.99. The van der Waals surface area contributed by atoms with Crippen molar-refractivity contribution in [2.24, 2.45) is 0 Å². The highest BCUT2D eigenvalue weighted by atomic mass is 32.2. The van der Waals surface area contributed by atoms with Crippen LogP contribution in [0.4, 0.5) is 0 Å². The van der Waals surface area contributed by atoms with Crippen molar-refractivity contribution in [3.63, 3.8) is 0 Å². The van der Waals surface area contributed by atoms with Crippen LogP contribution in [0.2, 0.25) is 0 Å². The second kappa shape index (κ2) is 4.40. The molecule has 6 nitrogen and oxygen atoms in total. The summed E-state index contributed by atoms with van der Waals surface area (Å²) < 4.78 is 4.80. The number of hydrogen-bond donors (Lipinski definition) is 2. The Labute approximate surface area is 102 Å². The topological polar surface area (TPSA) is 92.4 Å². The zero-order chi connectivity index (χ0) is 12.5. The Kier molecular flexibility index (Phi) is 3.10. The fourth-order valence-electron chi connectivity index (χ4n) is 1.64. The van der Waals surface area contributed by atoms with E-state index in [1.807, 2.05) is 0 Å². The molecule has 1 aliphatic rings. The number of carbonyl (C=O) groups excluding carboxylic acids is 1. The molecular formula is C10H12N2O4S. The molecule has 2 rings (SSSR count). The van der Waals surface area contributed by atoms with Gasteiger partial charge in [0.25, 0.3) is 5.91 Å². The molecule has 17 heavy (non-hydrogen) atoms. The van der Waals surface area contributed by atoms with Crippen molar-refractivity contribution in [3.8, 4) is 0 Å². The number of aliphatic carboxylic acids is 1. The van der Waals surface area contributed by atoms with Crippen molar-refractivity contribution in [2.45, 2.75) is 18.9 Å². The summed E-state index contributed by atoms with van der Waals surface area (Å²) in [4.78, 5) is 23.0. The number of amides is 1. The first-order chi connectivity index (χ1) is 8.03. The van der Waals surface area contributed by atoms with Crippen LogP contribution < -0.4 is 5.32 Å². The van der Waals surface area contributed by atoms with Crippen LogP contribution in [-0.4, -0.2) is 39.2 Å². The minimum absolute atomic E-state index is 0.0417. The Bertz CT molecular complexity index is 451. The second-order valence-electron chi connectivity index (χ2n) is 3.98. The fraction of sp³-hybridized carbons (Fsp3) is 0.500. The van der Waals surface area contributed by atoms with Gasteiger partial charge in [0.15, 0.2) is 0 Å². The van der Waals surface area contributed by atoms with Gasteiger partial charge in [0.1, 0.15) is 5.54 Å². The van der Waals surface area contributed by atoms with E-state index in [1.54, 1.807) is 6.92 Å². The lowest BCUT2D eigenvalue weighted by Crippen LogP contribution is -2.54. The smallest absolute Gasteiger partial charge is 0.330 e. The van der Waals surface area contributed by atoms with Gasteiger partial charge in [-0.3, -0.25) is 4.79 Å². The van der Waals surface area contributed by atoms with E-state index < -0.39 is 17.4 Å². The van der Waals surface area contributed by atoms with Crippen molar-refractivity contribution >= 4 is 23.6 Å². The minimum atomic E-state index is -1.18. The summed E-state index contributed by atoms with van der Waals surface area (Å²) in [6, 6.07) is 1.48. The quantitative estimate of drug-likeness (QED) is 0.826. The third-order valence-electron chi connectivity index (χ3n) is 2.64. The molecule has 1 amide bonds. The molecule has 0 spiro atoms. The standard InChI is InChI=1S/C10H12N2O4S/c1-6-4-7(16-12-6)8(13)11-10(9(14)15)2-3-17-5-10/h4H,2-3,5H2,1H3,(H,11,13)(H,14,15)/t10-/m0/s1. The summed E-state index contributed by atoms with van der Waals surface area (Å²) in [6.45, 7) is 1.69. The van der Waals surface area contributed by atoms with Crippen LogP contribution in [0, 0.1) is 6.92 Å². The maximum atomic E-state index is 11.8. The normalized spacial score (nSPS) is 23.6. The predicted octanol–water partition coefficient (Wildman–Crippen LogP) is 0.673. The van der Waals surface area contributed by atoms with Gasteiger partial charge in [0, 0.05) is 11.8 Å². The highest BCUT2D eigenvalue weighted by Gasteiger charge is 2.43. The van der Waals surface area contributed by atoms with Gasteiger partial charge >= 0.3 is 5.97 Å². The first kappa shape index (κ1) is 12.0. The van der Waals surface area contributed by atoms with Gasteiger partial charge in [0.2, 0.25) is 5.76 Å². The molecule has 0 aromatic carbocycles. The lowest BCUT2D eigenvalue weighted by molar-refractivity contribution is -0.143. The van der Waals surface area contributed by atoms with Gasteiger partial charge in [0.05, 0.1) is 5.69 Å². The SMILES string of the molecule is Cc1cc(C(=O)N[C@@]2(C(=O)O)CCSC2)on1. The number of aryl methyl sites for hydroxylation is 1. The molecule has 0 unspecified atom stereocenters. The number of hydrogen-bond acceptors (Lipinski definition) is 5. The molecule has 2 heterocycles. The molecule has 1 saturated heterocycles. The van der Waals surface area contributed by atoms with E-state index in [0.29, 0.717) is 17.9 Å². The van der Waals surface area contributed by atoms with Crippen LogP contribution in [0.5, 0.6) is 0 Å². The van der Waals surface area contributed by atoms with E-state index in [0.717, 1.165) is 5.75 Å². The molecule has 0 aliphatic carbocycles. The highest BCUT2D eigenvalue weighted by Crippen LogP contribution is 2.28. The zero-order valence-electron chi connectivity index (χ0n) is 9.23. The minimum Gasteiger partial charge on any atom is -0.479 e. The van der Waals surface area contributed by atoms with E-state index in [4.69, 9.17) is 4.52 Å². The Balaban J connectivity index is 2.14. The van der Waals surface area contributed by atoms with E-state index in [9.17, 15) is 14.7 Å². The average Bonchev–Trinajstić information content (AvgIpc) is 2.87. The lowest BCUT2D eigenvalue weighted by Gasteiger charge is -2.23. The molecule has 92 valence electrons. The van der Waals surface area contributed by atoms with Gasteiger partial charge < -0.3 is 14.9 Å². The van der Waals surface area contributed by atoms with Gasteiger partial charge in [-0.05, 0) is 19.1 Å². The van der Waals surface area contributed by atoms with Gasteiger partial charge in [-0.1, -0.05) is 5.16 Å². The summed E-state index contributed by atoms with van der Waals surface area (Å²) in [5.41, 5.74) is -0.594. The van der Waals surface area contributed by atoms with Crippen LogP contribution in [0.15, 0.2) is 10.6 Å². The van der Waals surface area contributed by atoms with Crippen molar-refractivity contribution in [1.29, 1.82) is 0 Å². The van der Waals surface area contributed by atoms with Gasteiger partial charge in [-0.25, -0.2) is 4.79 Å². The van der Waals surface area contributed by atoms with Crippen LogP contribution in [0.1, 0.15) is 22.7 Å². The van der Waals surface area contributed by atoms with E-state index >= 15 is 0 Å². The zero-order valence-corrected chi connectivity index (χ0v) is 10.0. The number of thioether (sulfide) groups is 1. The van der Waals surface area contributed by atoms with Gasteiger partial charge in [-0.15, -0.1) is 0 Å². The van der Waals surface area contributed by atoms with Crippen LogP contribution in [0.3, 0.4) is 0 Å². The fourth-order valence-corrected chi connectivity index (χ4v) is 2.96. The Morgan fingerprint density at radius 1 is 1.65 bits per heavy atom. The van der Waals surface area contributed by atoms with Crippen LogP contribution >= 0.6 is 11.8 Å². The third-order valence-corrected chi connectivity index (χ3v) is 3.83. The molecule has 2 N–H and O–H groups in total. The molecule has 7 heteroatoms. The number of carboxylic acids is 1. The van der Waals surface area contributed by atoms with Crippen LogP contribution in [-0.2, 0) is 4.79 Å². The number of nitrogens with one attached hydrogen (secondary N) is 1. The summed E-state index contributed by atoms with van der Waals surface area (Å²) >= 11 is 1.51. The van der Waals surface area contributed by atoms with E-state index in [1.165, 1.54) is 17.8 Å². The molecule has 0 radical (unpaired) electrons. The summed E-state index contributed by atoms with van der Waals surface area (Å²) in [5.74, 6) is -0.397. The second-order valence-corrected chi connectivity index (χ2v) is 5.08. The van der Waals surface area contributed by atoms with Crippen molar-refractivity contribution < 1.29 is 19.2 Å². The molecule has 1 fully saturated rings. The van der Waals surface area contributed by atoms with E-state index in [2.05, 4.69) is 10.5 Å². The molecule has 0 bridgehead atoms. The maximum Gasteiger partial charge on any atom is 0.330 e. The van der Waals surface area contributed by atoms with E-state index in [-0.39, 0.29) is 5.76 Å². The maximum absolute atomic E-state index is 11.8. The number of carbonyl (C=O) groups is 2.